The third kappa shape index (κ3) is 4.39. The number of rotatable bonds is 2. The quantitative estimate of drug-likeness (QED) is 0.588. The average Bonchev–Trinajstić information content (AvgIpc) is 2.40. The van der Waals surface area contributed by atoms with Crippen molar-refractivity contribution in [1.82, 2.24) is 4.98 Å². The van der Waals surface area contributed by atoms with Crippen LogP contribution in [-0.2, 0) is 12.4 Å². The number of ether oxygens (including phenoxy) is 1. The van der Waals surface area contributed by atoms with E-state index in [4.69, 9.17) is 4.74 Å². The molecule has 0 unspecified atom stereocenters. The van der Waals surface area contributed by atoms with E-state index in [-0.39, 0.29) is 6.07 Å². The van der Waals surface area contributed by atoms with E-state index in [2.05, 4.69) is 4.98 Å². The van der Waals surface area contributed by atoms with Gasteiger partial charge in [0.15, 0.2) is 0 Å². The summed E-state index contributed by atoms with van der Waals surface area (Å²) in [6.07, 6.45) is -8.00. The van der Waals surface area contributed by atoms with Gasteiger partial charge in [0.2, 0.25) is 5.88 Å². The number of hydrogen-bond acceptors (Lipinski definition) is 2. The van der Waals surface area contributed by atoms with Crippen LogP contribution in [0.1, 0.15) is 58.2 Å². The summed E-state index contributed by atoms with van der Waals surface area (Å²) in [5.74, 6) is -0.643. The van der Waals surface area contributed by atoms with E-state index in [1.54, 1.807) is 0 Å². The summed E-state index contributed by atoms with van der Waals surface area (Å²) in [6, 6.07) is 0.542. The standard InChI is InChI=1S/C17H21F6NO/c1-14(2)6-5-7-15(3,4)13(14)25-12-9-10(16(18,19)20)8-11(24-12)17(21,22)23/h8-9,13H,5-7H2,1-4H3. The van der Waals surface area contributed by atoms with Gasteiger partial charge in [0.25, 0.3) is 0 Å². The van der Waals surface area contributed by atoms with Crippen molar-refractivity contribution in [3.05, 3.63) is 23.4 Å². The highest BCUT2D eigenvalue weighted by Gasteiger charge is 2.46. The molecule has 0 aliphatic heterocycles. The Morgan fingerprint density at radius 1 is 0.920 bits per heavy atom. The van der Waals surface area contributed by atoms with Crippen molar-refractivity contribution in [2.45, 2.75) is 65.4 Å². The van der Waals surface area contributed by atoms with Crippen LogP contribution in [0.25, 0.3) is 0 Å². The first-order chi connectivity index (χ1) is 11.1. The van der Waals surface area contributed by atoms with Gasteiger partial charge < -0.3 is 4.74 Å². The average molecular weight is 369 g/mol. The Morgan fingerprint density at radius 2 is 1.44 bits per heavy atom. The second kappa shape index (κ2) is 6.06. The Labute approximate surface area is 142 Å². The molecule has 1 aliphatic rings. The minimum atomic E-state index is -4.99. The van der Waals surface area contributed by atoms with Gasteiger partial charge in [-0.2, -0.15) is 26.3 Å². The van der Waals surface area contributed by atoms with E-state index in [1.807, 2.05) is 27.7 Å². The van der Waals surface area contributed by atoms with Crippen molar-refractivity contribution in [2.75, 3.05) is 0 Å². The molecule has 1 aliphatic carbocycles. The zero-order valence-electron chi connectivity index (χ0n) is 14.5. The zero-order chi connectivity index (χ0) is 19.3. The van der Waals surface area contributed by atoms with Gasteiger partial charge in [0.05, 0.1) is 5.56 Å². The first-order valence-electron chi connectivity index (χ1n) is 7.96. The van der Waals surface area contributed by atoms with Gasteiger partial charge in [-0.3, -0.25) is 0 Å². The predicted octanol–water partition coefficient (Wildman–Crippen LogP) is 6.10. The number of nitrogens with zero attached hydrogens (tertiary/aromatic N) is 1. The lowest BCUT2D eigenvalue weighted by molar-refractivity contribution is -0.146. The highest BCUT2D eigenvalue weighted by Crippen LogP contribution is 2.48. The zero-order valence-corrected chi connectivity index (χ0v) is 14.5. The van der Waals surface area contributed by atoms with Gasteiger partial charge in [0, 0.05) is 16.9 Å². The molecule has 0 bridgehead atoms. The second-order valence-corrected chi connectivity index (χ2v) is 7.90. The number of hydrogen-bond donors (Lipinski definition) is 0. The third-order valence-electron chi connectivity index (χ3n) is 4.72. The maximum Gasteiger partial charge on any atom is 0.433 e. The fourth-order valence-electron chi connectivity index (χ4n) is 3.63. The van der Waals surface area contributed by atoms with E-state index in [9.17, 15) is 26.3 Å². The SMILES string of the molecule is CC1(C)CCCC(C)(C)C1Oc1cc(C(F)(F)F)cc(C(F)(F)F)n1. The molecule has 1 saturated carbocycles. The second-order valence-electron chi connectivity index (χ2n) is 7.90. The van der Waals surface area contributed by atoms with Crippen LogP contribution in [0.4, 0.5) is 26.3 Å². The van der Waals surface area contributed by atoms with Gasteiger partial charge in [-0.15, -0.1) is 0 Å². The van der Waals surface area contributed by atoms with Gasteiger partial charge in [-0.1, -0.05) is 34.1 Å². The molecule has 25 heavy (non-hydrogen) atoms. The summed E-state index contributed by atoms with van der Waals surface area (Å²) < 4.78 is 83.4. The summed E-state index contributed by atoms with van der Waals surface area (Å²) >= 11 is 0. The van der Waals surface area contributed by atoms with Crippen molar-refractivity contribution in [3.63, 3.8) is 0 Å². The van der Waals surface area contributed by atoms with Crippen LogP contribution in [0.2, 0.25) is 0 Å². The molecule has 0 radical (unpaired) electrons. The summed E-state index contributed by atoms with van der Waals surface area (Å²) in [4.78, 5) is 3.30. The van der Waals surface area contributed by atoms with E-state index in [0.717, 1.165) is 19.3 Å². The minimum absolute atomic E-state index is 0.00398. The summed E-state index contributed by atoms with van der Waals surface area (Å²) in [7, 11) is 0. The molecule has 0 spiro atoms. The molecular weight excluding hydrogens is 348 g/mol. The van der Waals surface area contributed by atoms with E-state index < -0.39 is 46.4 Å². The molecule has 142 valence electrons. The van der Waals surface area contributed by atoms with Crippen LogP contribution in [-0.4, -0.2) is 11.1 Å². The van der Waals surface area contributed by atoms with Crippen molar-refractivity contribution in [3.8, 4) is 5.88 Å². The third-order valence-corrected chi connectivity index (χ3v) is 4.72. The first-order valence-corrected chi connectivity index (χ1v) is 7.96. The van der Waals surface area contributed by atoms with Crippen LogP contribution in [0.3, 0.4) is 0 Å². The summed E-state index contributed by atoms with van der Waals surface area (Å²) in [6.45, 7) is 7.60. The molecule has 0 saturated heterocycles. The van der Waals surface area contributed by atoms with Gasteiger partial charge >= 0.3 is 12.4 Å². The van der Waals surface area contributed by atoms with Gasteiger partial charge in [-0.05, 0) is 18.9 Å². The lowest BCUT2D eigenvalue weighted by Gasteiger charge is -2.48. The van der Waals surface area contributed by atoms with Crippen LogP contribution in [0.5, 0.6) is 5.88 Å². The van der Waals surface area contributed by atoms with Crippen LogP contribution < -0.4 is 4.74 Å². The molecule has 1 heterocycles. The summed E-state index contributed by atoms with van der Waals surface area (Å²) in [5.41, 5.74) is -3.81. The molecule has 2 rings (SSSR count). The van der Waals surface area contributed by atoms with Gasteiger partial charge in [-0.25, -0.2) is 4.98 Å². The van der Waals surface area contributed by atoms with Crippen LogP contribution in [0.15, 0.2) is 12.1 Å². The molecular formula is C17H21F6NO. The lowest BCUT2D eigenvalue weighted by Crippen LogP contribution is -2.49. The summed E-state index contributed by atoms with van der Waals surface area (Å²) in [5, 5.41) is 0. The normalized spacial score (nSPS) is 21.2. The minimum Gasteiger partial charge on any atom is -0.473 e. The van der Waals surface area contributed by atoms with E-state index >= 15 is 0 Å². The largest absolute Gasteiger partial charge is 0.473 e. The van der Waals surface area contributed by atoms with Crippen LogP contribution in [0, 0.1) is 10.8 Å². The van der Waals surface area contributed by atoms with Crippen molar-refractivity contribution in [2.24, 2.45) is 10.8 Å². The van der Waals surface area contributed by atoms with Crippen molar-refractivity contribution < 1.29 is 31.1 Å². The number of alkyl halides is 6. The van der Waals surface area contributed by atoms with E-state index in [0.29, 0.717) is 6.07 Å². The molecule has 0 aromatic carbocycles. The molecule has 8 heteroatoms. The fourth-order valence-corrected chi connectivity index (χ4v) is 3.63. The Hall–Kier alpha value is -1.47. The fraction of sp³-hybridized carbons (Fsp3) is 0.706. The van der Waals surface area contributed by atoms with Crippen molar-refractivity contribution >= 4 is 0 Å². The maximum absolute atomic E-state index is 13.0. The molecule has 1 fully saturated rings. The topological polar surface area (TPSA) is 22.1 Å². The Morgan fingerprint density at radius 3 is 1.88 bits per heavy atom. The van der Waals surface area contributed by atoms with Crippen LogP contribution >= 0.6 is 0 Å². The number of aromatic nitrogens is 1. The molecule has 2 nitrogen and oxygen atoms in total. The Bertz CT molecular complexity index is 585. The maximum atomic E-state index is 13.0. The molecule has 0 amide bonds. The number of pyridine rings is 1. The molecule has 0 N–H and O–H groups in total. The highest BCUT2D eigenvalue weighted by atomic mass is 19.4. The predicted molar refractivity (Wildman–Crippen MR) is 80.1 cm³/mol. The number of halogens is 6. The highest BCUT2D eigenvalue weighted by molar-refractivity contribution is 5.29. The first kappa shape index (κ1) is 19.8. The van der Waals surface area contributed by atoms with E-state index in [1.165, 1.54) is 0 Å². The molecule has 0 atom stereocenters. The Kier molecular flexibility index (Phi) is 4.81. The Balaban J connectivity index is 2.47. The lowest BCUT2D eigenvalue weighted by atomic mass is 9.63. The van der Waals surface area contributed by atoms with Gasteiger partial charge in [0.1, 0.15) is 11.8 Å². The van der Waals surface area contributed by atoms with Crippen molar-refractivity contribution in [1.29, 1.82) is 0 Å². The smallest absolute Gasteiger partial charge is 0.433 e. The monoisotopic (exact) mass is 369 g/mol. The molecule has 1 aromatic heterocycles. The molecule has 1 aromatic rings.